The van der Waals surface area contributed by atoms with Crippen molar-refractivity contribution in [2.24, 2.45) is 4.99 Å². The minimum absolute atomic E-state index is 0. The van der Waals surface area contributed by atoms with Gasteiger partial charge >= 0.3 is 0 Å². The molecule has 164 valence electrons. The van der Waals surface area contributed by atoms with Crippen molar-refractivity contribution in [1.82, 2.24) is 15.5 Å². The average molecular weight is 517 g/mol. The maximum Gasteiger partial charge on any atom is 0.191 e. The predicted octanol–water partition coefficient (Wildman–Crippen LogP) is 2.17. The van der Waals surface area contributed by atoms with Gasteiger partial charge in [0.25, 0.3) is 0 Å². The molecule has 0 radical (unpaired) electrons. The molecule has 2 aliphatic rings. The maximum atomic E-state index is 5.52. The number of methoxy groups -OCH3 is 2. The first-order valence-electron chi connectivity index (χ1n) is 10.3. The van der Waals surface area contributed by atoms with E-state index >= 15 is 0 Å². The summed E-state index contributed by atoms with van der Waals surface area (Å²) < 4.78 is 10.8. The molecule has 8 heteroatoms. The van der Waals surface area contributed by atoms with Crippen molar-refractivity contribution in [2.75, 3.05) is 65.5 Å². The summed E-state index contributed by atoms with van der Waals surface area (Å²) in [5.74, 6) is 1.83. The Hall–Kier alpha value is -1.26. The van der Waals surface area contributed by atoms with Crippen LogP contribution in [0, 0.1) is 0 Å². The molecule has 1 aromatic rings. The van der Waals surface area contributed by atoms with Gasteiger partial charge in [0.2, 0.25) is 0 Å². The first-order chi connectivity index (χ1) is 13.7. The zero-order valence-electron chi connectivity index (χ0n) is 17.9. The van der Waals surface area contributed by atoms with Gasteiger partial charge in [0.1, 0.15) is 5.75 Å². The number of hydrogen-bond acceptors (Lipinski definition) is 5. The van der Waals surface area contributed by atoms with Gasteiger partial charge in [-0.05, 0) is 37.9 Å². The molecule has 0 amide bonds. The SMILES string of the molecule is CN=C(NCC1CCCN1CCOC)NC1CCN(c2ccccc2OC)C1.I. The average Bonchev–Trinajstić information content (AvgIpc) is 3.38. The number of anilines is 1. The molecule has 0 aromatic heterocycles. The van der Waals surface area contributed by atoms with E-state index in [0.29, 0.717) is 12.1 Å². The minimum atomic E-state index is 0. The van der Waals surface area contributed by atoms with Crippen molar-refractivity contribution in [3.63, 3.8) is 0 Å². The number of benzene rings is 1. The molecule has 2 N–H and O–H groups in total. The van der Waals surface area contributed by atoms with Crippen LogP contribution in [0.5, 0.6) is 5.75 Å². The van der Waals surface area contributed by atoms with E-state index in [2.05, 4.69) is 37.6 Å². The standard InChI is InChI=1S/C21H35N5O2.HI/c1-22-21(23-15-18-7-6-11-25(18)13-14-27-2)24-17-10-12-26(16-17)19-8-4-5-9-20(19)28-3;/h4-5,8-9,17-18H,6-7,10-16H2,1-3H3,(H2,22,23,24);1H. The van der Waals surface area contributed by atoms with Crippen LogP contribution in [0.2, 0.25) is 0 Å². The van der Waals surface area contributed by atoms with Crippen LogP contribution in [0.1, 0.15) is 19.3 Å². The fraction of sp³-hybridized carbons (Fsp3) is 0.667. The van der Waals surface area contributed by atoms with E-state index in [1.807, 2.05) is 19.2 Å². The number of rotatable bonds is 8. The highest BCUT2D eigenvalue weighted by Gasteiger charge is 2.27. The van der Waals surface area contributed by atoms with Gasteiger partial charge in [0.05, 0.1) is 19.4 Å². The number of nitrogens with zero attached hydrogens (tertiary/aromatic N) is 3. The Labute approximate surface area is 192 Å². The number of halogens is 1. The van der Waals surface area contributed by atoms with Gasteiger partial charge in [-0.1, -0.05) is 12.1 Å². The number of likely N-dealkylation sites (tertiary alicyclic amines) is 1. The van der Waals surface area contributed by atoms with Crippen molar-refractivity contribution in [1.29, 1.82) is 0 Å². The Morgan fingerprint density at radius 2 is 2.03 bits per heavy atom. The van der Waals surface area contributed by atoms with Gasteiger partial charge in [-0.15, -0.1) is 24.0 Å². The summed E-state index contributed by atoms with van der Waals surface area (Å²) >= 11 is 0. The van der Waals surface area contributed by atoms with E-state index in [0.717, 1.165) is 63.1 Å². The van der Waals surface area contributed by atoms with Crippen LogP contribution in [-0.2, 0) is 4.74 Å². The molecule has 2 unspecified atom stereocenters. The second-order valence-corrected chi connectivity index (χ2v) is 7.53. The molecule has 3 rings (SSSR count). The van der Waals surface area contributed by atoms with E-state index in [-0.39, 0.29) is 24.0 Å². The van der Waals surface area contributed by atoms with E-state index in [1.165, 1.54) is 12.8 Å². The summed E-state index contributed by atoms with van der Waals surface area (Å²) in [6, 6.07) is 9.16. The van der Waals surface area contributed by atoms with Gasteiger partial charge in [-0.25, -0.2) is 0 Å². The number of nitrogens with one attached hydrogen (secondary N) is 2. The van der Waals surface area contributed by atoms with Gasteiger partial charge in [-0.2, -0.15) is 0 Å². The summed E-state index contributed by atoms with van der Waals surface area (Å²) in [6.45, 7) is 5.85. The molecule has 2 saturated heterocycles. The van der Waals surface area contributed by atoms with Crippen LogP contribution in [0.3, 0.4) is 0 Å². The van der Waals surface area contributed by atoms with Crippen molar-refractivity contribution in [2.45, 2.75) is 31.3 Å². The molecule has 2 fully saturated rings. The fourth-order valence-corrected chi connectivity index (χ4v) is 4.22. The van der Waals surface area contributed by atoms with Crippen LogP contribution in [0.15, 0.2) is 29.3 Å². The van der Waals surface area contributed by atoms with E-state index in [4.69, 9.17) is 9.47 Å². The largest absolute Gasteiger partial charge is 0.495 e. The highest BCUT2D eigenvalue weighted by Crippen LogP contribution is 2.30. The van der Waals surface area contributed by atoms with E-state index < -0.39 is 0 Å². The summed E-state index contributed by atoms with van der Waals surface area (Å²) in [7, 11) is 5.35. The molecule has 29 heavy (non-hydrogen) atoms. The normalized spacial score (nSPS) is 22.4. The van der Waals surface area contributed by atoms with Crippen LogP contribution in [-0.4, -0.2) is 83.5 Å². The Bertz CT molecular complexity index is 645. The first kappa shape index (κ1) is 24.0. The van der Waals surface area contributed by atoms with Crippen LogP contribution < -0.4 is 20.3 Å². The van der Waals surface area contributed by atoms with Crippen molar-refractivity contribution < 1.29 is 9.47 Å². The van der Waals surface area contributed by atoms with Crippen molar-refractivity contribution >= 4 is 35.6 Å². The summed E-state index contributed by atoms with van der Waals surface area (Å²) in [5, 5.41) is 7.13. The molecule has 2 atom stereocenters. The van der Waals surface area contributed by atoms with Gasteiger partial charge < -0.3 is 25.0 Å². The summed E-state index contributed by atoms with van der Waals surface area (Å²) in [5.41, 5.74) is 1.16. The molecule has 0 aliphatic carbocycles. The summed E-state index contributed by atoms with van der Waals surface area (Å²) in [4.78, 5) is 9.34. The third-order valence-corrected chi connectivity index (χ3v) is 5.77. The van der Waals surface area contributed by atoms with E-state index in [1.54, 1.807) is 14.2 Å². The zero-order chi connectivity index (χ0) is 19.8. The Balaban J connectivity index is 0.00000300. The lowest BCUT2D eigenvalue weighted by molar-refractivity contribution is 0.141. The molecule has 2 aliphatic heterocycles. The smallest absolute Gasteiger partial charge is 0.191 e. The van der Waals surface area contributed by atoms with Crippen molar-refractivity contribution in [3.05, 3.63) is 24.3 Å². The third-order valence-electron chi connectivity index (χ3n) is 5.77. The second-order valence-electron chi connectivity index (χ2n) is 7.53. The second kappa shape index (κ2) is 12.4. The van der Waals surface area contributed by atoms with Crippen LogP contribution >= 0.6 is 24.0 Å². The monoisotopic (exact) mass is 517 g/mol. The molecule has 7 nitrogen and oxygen atoms in total. The quantitative estimate of drug-likeness (QED) is 0.313. The number of guanidine groups is 1. The summed E-state index contributed by atoms with van der Waals surface area (Å²) in [6.07, 6.45) is 3.58. The highest BCUT2D eigenvalue weighted by atomic mass is 127. The molecule has 0 bridgehead atoms. The minimum Gasteiger partial charge on any atom is -0.495 e. The van der Waals surface area contributed by atoms with Gasteiger partial charge in [0.15, 0.2) is 5.96 Å². The zero-order valence-corrected chi connectivity index (χ0v) is 20.2. The molecule has 0 spiro atoms. The molecule has 2 heterocycles. The van der Waals surface area contributed by atoms with Crippen LogP contribution in [0.4, 0.5) is 5.69 Å². The predicted molar refractivity (Wildman–Crippen MR) is 130 cm³/mol. The lowest BCUT2D eigenvalue weighted by Crippen LogP contribution is -2.48. The topological polar surface area (TPSA) is 61.4 Å². The molecule has 1 aromatic carbocycles. The number of aliphatic imine (C=N–C) groups is 1. The number of hydrogen-bond donors (Lipinski definition) is 2. The maximum absolute atomic E-state index is 5.52. The molecular formula is C21H36IN5O2. The highest BCUT2D eigenvalue weighted by molar-refractivity contribution is 14.0. The number of ether oxygens (including phenoxy) is 2. The van der Waals surface area contributed by atoms with E-state index in [9.17, 15) is 0 Å². The lowest BCUT2D eigenvalue weighted by Gasteiger charge is -2.26. The van der Waals surface area contributed by atoms with Crippen LogP contribution in [0.25, 0.3) is 0 Å². The molecule has 0 saturated carbocycles. The molecular weight excluding hydrogens is 481 g/mol. The third kappa shape index (κ3) is 6.62. The number of para-hydroxylation sites is 2. The lowest BCUT2D eigenvalue weighted by atomic mass is 10.2. The Morgan fingerprint density at radius 3 is 2.79 bits per heavy atom. The van der Waals surface area contributed by atoms with Gasteiger partial charge in [0, 0.05) is 52.4 Å². The van der Waals surface area contributed by atoms with Gasteiger partial charge in [-0.3, -0.25) is 9.89 Å². The Morgan fingerprint density at radius 1 is 1.21 bits per heavy atom. The first-order valence-corrected chi connectivity index (χ1v) is 10.3. The van der Waals surface area contributed by atoms with Crippen molar-refractivity contribution in [3.8, 4) is 5.75 Å². The fourth-order valence-electron chi connectivity index (χ4n) is 4.22. The Kier molecular flexibility index (Phi) is 10.3.